The minimum Gasteiger partial charge on any atom is -0.493 e. The van der Waals surface area contributed by atoms with Gasteiger partial charge in [0.2, 0.25) is 0 Å². The van der Waals surface area contributed by atoms with Crippen LogP contribution >= 0.6 is 0 Å². The summed E-state index contributed by atoms with van der Waals surface area (Å²) < 4.78 is 11.1. The minimum atomic E-state index is -0.121. The van der Waals surface area contributed by atoms with Crippen LogP contribution in [0.2, 0.25) is 0 Å². The number of ether oxygens (including phenoxy) is 2. The Balaban J connectivity index is 1.67. The van der Waals surface area contributed by atoms with Gasteiger partial charge >= 0.3 is 0 Å². The van der Waals surface area contributed by atoms with E-state index in [1.165, 1.54) is 11.1 Å². The van der Waals surface area contributed by atoms with E-state index in [0.29, 0.717) is 23.6 Å². The van der Waals surface area contributed by atoms with Gasteiger partial charge in [-0.3, -0.25) is 4.79 Å². The lowest BCUT2D eigenvalue weighted by Crippen LogP contribution is -2.38. The van der Waals surface area contributed by atoms with Gasteiger partial charge in [0, 0.05) is 18.2 Å². The Bertz CT molecular complexity index is 774. The first kappa shape index (κ1) is 18.3. The number of carbonyl (C=O) groups is 1. The van der Waals surface area contributed by atoms with Crippen LogP contribution in [0.15, 0.2) is 42.5 Å². The van der Waals surface area contributed by atoms with E-state index >= 15 is 0 Å². The molecule has 0 saturated heterocycles. The molecular formula is C21H26N2O3. The molecule has 1 heterocycles. The van der Waals surface area contributed by atoms with Crippen molar-refractivity contribution < 1.29 is 14.3 Å². The summed E-state index contributed by atoms with van der Waals surface area (Å²) in [5.41, 5.74) is 3.17. The largest absolute Gasteiger partial charge is 0.493 e. The third kappa shape index (κ3) is 4.17. The van der Waals surface area contributed by atoms with Crippen LogP contribution in [-0.4, -0.2) is 32.2 Å². The fourth-order valence-electron chi connectivity index (χ4n) is 3.23. The highest BCUT2D eigenvalue weighted by Crippen LogP contribution is 2.29. The molecule has 0 radical (unpaired) electrons. The average molecular weight is 354 g/mol. The van der Waals surface area contributed by atoms with Crippen LogP contribution in [0.4, 0.5) is 0 Å². The van der Waals surface area contributed by atoms with Gasteiger partial charge in [0.05, 0.1) is 13.2 Å². The number of hydrogen-bond donors (Lipinski definition) is 2. The highest BCUT2D eigenvalue weighted by atomic mass is 16.5. The predicted octanol–water partition coefficient (Wildman–Crippen LogP) is 3.10. The summed E-state index contributed by atoms with van der Waals surface area (Å²) in [6, 6.07) is 13.8. The van der Waals surface area contributed by atoms with Crippen molar-refractivity contribution in [3.05, 3.63) is 59.2 Å². The Kier molecular flexibility index (Phi) is 5.78. The first-order valence-electron chi connectivity index (χ1n) is 9.02. The molecule has 0 aromatic heterocycles. The zero-order valence-corrected chi connectivity index (χ0v) is 15.5. The second-order valence-electron chi connectivity index (χ2n) is 6.70. The van der Waals surface area contributed by atoms with Crippen molar-refractivity contribution in [2.24, 2.45) is 0 Å². The summed E-state index contributed by atoms with van der Waals surface area (Å²) in [6.45, 7) is 5.37. The molecular weight excluding hydrogens is 328 g/mol. The maximum absolute atomic E-state index is 12.6. The van der Waals surface area contributed by atoms with Crippen LogP contribution in [0.25, 0.3) is 0 Å². The van der Waals surface area contributed by atoms with Gasteiger partial charge in [0.1, 0.15) is 0 Å². The van der Waals surface area contributed by atoms with Crippen molar-refractivity contribution in [1.29, 1.82) is 0 Å². The van der Waals surface area contributed by atoms with E-state index in [9.17, 15) is 4.79 Å². The molecule has 0 bridgehead atoms. The second-order valence-corrected chi connectivity index (χ2v) is 6.70. The molecule has 0 saturated carbocycles. The molecule has 5 heteroatoms. The quantitative estimate of drug-likeness (QED) is 0.837. The fraction of sp³-hybridized carbons (Fsp3) is 0.381. The monoisotopic (exact) mass is 354 g/mol. The molecule has 1 aliphatic rings. The summed E-state index contributed by atoms with van der Waals surface area (Å²) in [5, 5.41) is 6.50. The number of methoxy groups -OCH3 is 1. The topological polar surface area (TPSA) is 59.6 Å². The fourth-order valence-corrected chi connectivity index (χ4v) is 3.23. The van der Waals surface area contributed by atoms with E-state index in [0.717, 1.165) is 13.0 Å². The van der Waals surface area contributed by atoms with Crippen molar-refractivity contribution >= 4 is 5.91 Å². The Morgan fingerprint density at radius 2 is 2.04 bits per heavy atom. The second kappa shape index (κ2) is 8.23. The summed E-state index contributed by atoms with van der Waals surface area (Å²) in [4.78, 5) is 12.6. The van der Waals surface area contributed by atoms with Gasteiger partial charge < -0.3 is 20.1 Å². The molecule has 1 unspecified atom stereocenters. The van der Waals surface area contributed by atoms with Crippen molar-refractivity contribution in [2.75, 3.05) is 20.2 Å². The van der Waals surface area contributed by atoms with E-state index in [-0.39, 0.29) is 18.1 Å². The number of nitrogens with one attached hydrogen (secondary N) is 2. The van der Waals surface area contributed by atoms with Crippen molar-refractivity contribution in [3.8, 4) is 11.5 Å². The molecule has 1 atom stereocenters. The minimum absolute atomic E-state index is 0.0426. The zero-order valence-electron chi connectivity index (χ0n) is 15.5. The maximum Gasteiger partial charge on any atom is 0.251 e. The standard InChI is InChI=1S/C21H26N2O3/c1-14(2)26-19-9-8-16(12-20(19)25-3)21(24)23-13-18-17-7-5-4-6-15(17)10-11-22-18/h4-9,12,14,18,22H,10-11,13H2,1-3H3,(H,23,24). The van der Waals surface area contributed by atoms with Crippen LogP contribution in [0.1, 0.15) is 41.4 Å². The van der Waals surface area contributed by atoms with Gasteiger partial charge in [0.25, 0.3) is 5.91 Å². The molecule has 1 aliphatic heterocycles. The Morgan fingerprint density at radius 1 is 1.23 bits per heavy atom. The third-order valence-electron chi connectivity index (χ3n) is 4.47. The summed E-state index contributed by atoms with van der Waals surface area (Å²) in [6.07, 6.45) is 1.07. The highest BCUT2D eigenvalue weighted by molar-refractivity contribution is 5.94. The first-order valence-corrected chi connectivity index (χ1v) is 9.02. The van der Waals surface area contributed by atoms with E-state index in [1.807, 2.05) is 19.9 Å². The summed E-state index contributed by atoms with van der Waals surface area (Å²) >= 11 is 0. The SMILES string of the molecule is COc1cc(C(=O)NCC2NCCc3ccccc32)ccc1OC(C)C. The molecule has 2 aromatic carbocycles. The predicted molar refractivity (Wildman–Crippen MR) is 102 cm³/mol. The molecule has 1 amide bonds. The molecule has 5 nitrogen and oxygen atoms in total. The van der Waals surface area contributed by atoms with Crippen LogP contribution in [0.5, 0.6) is 11.5 Å². The van der Waals surface area contributed by atoms with Crippen molar-refractivity contribution in [2.45, 2.75) is 32.4 Å². The van der Waals surface area contributed by atoms with Crippen LogP contribution < -0.4 is 20.1 Å². The number of fused-ring (bicyclic) bond motifs is 1. The number of rotatable bonds is 6. The smallest absolute Gasteiger partial charge is 0.251 e. The Labute approximate surface area is 154 Å². The lowest BCUT2D eigenvalue weighted by Gasteiger charge is -2.27. The highest BCUT2D eigenvalue weighted by Gasteiger charge is 2.20. The Hall–Kier alpha value is -2.53. The number of amides is 1. The molecule has 3 rings (SSSR count). The normalized spacial score (nSPS) is 16.1. The number of benzene rings is 2. The van der Waals surface area contributed by atoms with Gasteiger partial charge in [0.15, 0.2) is 11.5 Å². The number of hydrogen-bond acceptors (Lipinski definition) is 4. The molecule has 0 aliphatic carbocycles. The third-order valence-corrected chi connectivity index (χ3v) is 4.47. The zero-order chi connectivity index (χ0) is 18.5. The van der Waals surface area contributed by atoms with Gasteiger partial charge in [-0.2, -0.15) is 0 Å². The lowest BCUT2D eigenvalue weighted by molar-refractivity contribution is 0.0948. The van der Waals surface area contributed by atoms with Gasteiger partial charge in [-0.15, -0.1) is 0 Å². The van der Waals surface area contributed by atoms with Crippen molar-refractivity contribution in [3.63, 3.8) is 0 Å². The summed E-state index contributed by atoms with van der Waals surface area (Å²) in [5.74, 6) is 1.08. The molecule has 0 spiro atoms. The van der Waals surface area contributed by atoms with E-state index < -0.39 is 0 Å². The first-order chi connectivity index (χ1) is 12.6. The van der Waals surface area contributed by atoms with E-state index in [4.69, 9.17) is 9.47 Å². The van der Waals surface area contributed by atoms with Gasteiger partial charge in [-0.1, -0.05) is 24.3 Å². The molecule has 26 heavy (non-hydrogen) atoms. The molecule has 0 fully saturated rings. The van der Waals surface area contributed by atoms with Crippen molar-refractivity contribution in [1.82, 2.24) is 10.6 Å². The lowest BCUT2D eigenvalue weighted by atomic mass is 9.94. The molecule has 138 valence electrons. The van der Waals surface area contributed by atoms with Gasteiger partial charge in [-0.25, -0.2) is 0 Å². The average Bonchev–Trinajstić information content (AvgIpc) is 2.66. The van der Waals surface area contributed by atoms with Crippen LogP contribution in [0.3, 0.4) is 0 Å². The van der Waals surface area contributed by atoms with Gasteiger partial charge in [-0.05, 0) is 56.1 Å². The molecule has 2 aromatic rings. The molecule has 2 N–H and O–H groups in total. The number of carbonyl (C=O) groups excluding carboxylic acids is 1. The van der Waals surface area contributed by atoms with E-state index in [1.54, 1.807) is 25.3 Å². The summed E-state index contributed by atoms with van der Waals surface area (Å²) in [7, 11) is 1.58. The Morgan fingerprint density at radius 3 is 2.81 bits per heavy atom. The maximum atomic E-state index is 12.6. The van der Waals surface area contributed by atoms with E-state index in [2.05, 4.69) is 28.8 Å². The van der Waals surface area contributed by atoms with Crippen LogP contribution in [0, 0.1) is 0 Å². The van der Waals surface area contributed by atoms with Crippen LogP contribution in [-0.2, 0) is 6.42 Å².